The second-order valence-electron chi connectivity index (χ2n) is 4.84. The van der Waals surface area contributed by atoms with E-state index in [1.807, 2.05) is 31.0 Å². The quantitative estimate of drug-likeness (QED) is 0.912. The number of rotatable bonds is 5. The molecule has 5 heteroatoms. The SMILES string of the molecule is Cc1ccc(CN(C)Cc2cc(F)cc(C(=O)O)c2)o1. The number of furan rings is 1. The lowest BCUT2D eigenvalue weighted by molar-refractivity contribution is 0.0696. The number of halogens is 1. The molecule has 2 aromatic rings. The Morgan fingerprint density at radius 2 is 2.05 bits per heavy atom. The first-order valence-electron chi connectivity index (χ1n) is 6.20. The van der Waals surface area contributed by atoms with E-state index in [0.29, 0.717) is 18.7 Å². The third-order valence-corrected chi connectivity index (χ3v) is 2.88. The lowest BCUT2D eigenvalue weighted by Gasteiger charge is -2.15. The van der Waals surface area contributed by atoms with Gasteiger partial charge >= 0.3 is 5.97 Å². The minimum absolute atomic E-state index is 0.0396. The molecule has 0 atom stereocenters. The molecule has 0 aliphatic heterocycles. The van der Waals surface area contributed by atoms with E-state index in [1.54, 1.807) is 0 Å². The van der Waals surface area contributed by atoms with Crippen LogP contribution in [-0.4, -0.2) is 23.0 Å². The number of carbonyl (C=O) groups is 1. The number of carboxylic acids is 1. The van der Waals surface area contributed by atoms with Gasteiger partial charge in [-0.05, 0) is 49.9 Å². The number of benzene rings is 1. The Bertz CT molecular complexity index is 621. The normalized spacial score (nSPS) is 11.0. The van der Waals surface area contributed by atoms with Crippen LogP contribution in [0.1, 0.15) is 27.4 Å². The zero-order chi connectivity index (χ0) is 14.7. The molecule has 1 aromatic heterocycles. The monoisotopic (exact) mass is 277 g/mol. The molecule has 0 aliphatic rings. The lowest BCUT2D eigenvalue weighted by Crippen LogP contribution is -2.17. The van der Waals surface area contributed by atoms with Gasteiger partial charge in [-0.3, -0.25) is 4.90 Å². The molecule has 1 aromatic carbocycles. The van der Waals surface area contributed by atoms with E-state index in [9.17, 15) is 9.18 Å². The van der Waals surface area contributed by atoms with Crippen LogP contribution in [0.5, 0.6) is 0 Å². The van der Waals surface area contributed by atoms with Gasteiger partial charge in [-0.25, -0.2) is 9.18 Å². The van der Waals surface area contributed by atoms with Crippen molar-refractivity contribution >= 4 is 5.97 Å². The van der Waals surface area contributed by atoms with Crippen molar-refractivity contribution in [2.75, 3.05) is 7.05 Å². The van der Waals surface area contributed by atoms with Crippen LogP contribution >= 0.6 is 0 Å². The summed E-state index contributed by atoms with van der Waals surface area (Å²) in [5.41, 5.74) is 0.579. The highest BCUT2D eigenvalue weighted by Gasteiger charge is 2.10. The van der Waals surface area contributed by atoms with E-state index < -0.39 is 11.8 Å². The van der Waals surface area contributed by atoms with Gasteiger partial charge in [-0.1, -0.05) is 0 Å². The van der Waals surface area contributed by atoms with Crippen molar-refractivity contribution in [3.05, 3.63) is 58.8 Å². The smallest absolute Gasteiger partial charge is 0.335 e. The number of hydrogen-bond acceptors (Lipinski definition) is 3. The highest BCUT2D eigenvalue weighted by Crippen LogP contribution is 2.14. The van der Waals surface area contributed by atoms with Crippen LogP contribution in [0.25, 0.3) is 0 Å². The van der Waals surface area contributed by atoms with Gasteiger partial charge in [0.25, 0.3) is 0 Å². The van der Waals surface area contributed by atoms with Crippen LogP contribution in [0.15, 0.2) is 34.7 Å². The average molecular weight is 277 g/mol. The van der Waals surface area contributed by atoms with Gasteiger partial charge in [0.15, 0.2) is 0 Å². The van der Waals surface area contributed by atoms with Crippen molar-refractivity contribution in [1.29, 1.82) is 0 Å². The van der Waals surface area contributed by atoms with E-state index >= 15 is 0 Å². The molecule has 0 saturated carbocycles. The van der Waals surface area contributed by atoms with Crippen molar-refractivity contribution in [1.82, 2.24) is 4.90 Å². The minimum atomic E-state index is -1.13. The fourth-order valence-electron chi connectivity index (χ4n) is 2.07. The van der Waals surface area contributed by atoms with Crippen molar-refractivity contribution in [3.8, 4) is 0 Å². The average Bonchev–Trinajstić information content (AvgIpc) is 2.73. The summed E-state index contributed by atoms with van der Waals surface area (Å²) in [5.74, 6) is -0.00983. The zero-order valence-electron chi connectivity index (χ0n) is 11.4. The largest absolute Gasteiger partial charge is 0.478 e. The van der Waals surface area contributed by atoms with Crippen molar-refractivity contribution in [3.63, 3.8) is 0 Å². The molecule has 2 rings (SSSR count). The van der Waals surface area contributed by atoms with Gasteiger partial charge in [-0.2, -0.15) is 0 Å². The van der Waals surface area contributed by atoms with E-state index in [4.69, 9.17) is 9.52 Å². The topological polar surface area (TPSA) is 53.7 Å². The first kappa shape index (κ1) is 14.3. The van der Waals surface area contributed by atoms with E-state index in [2.05, 4.69) is 0 Å². The summed E-state index contributed by atoms with van der Waals surface area (Å²) in [5, 5.41) is 8.91. The Hall–Kier alpha value is -2.14. The maximum atomic E-state index is 13.4. The predicted octanol–water partition coefficient (Wildman–Crippen LogP) is 3.06. The Morgan fingerprint density at radius 3 is 2.65 bits per heavy atom. The molecule has 20 heavy (non-hydrogen) atoms. The maximum absolute atomic E-state index is 13.4. The number of hydrogen-bond donors (Lipinski definition) is 1. The number of aryl methyl sites for hydroxylation is 1. The number of carboxylic acid groups (broad SMARTS) is 1. The van der Waals surface area contributed by atoms with Gasteiger partial charge < -0.3 is 9.52 Å². The highest BCUT2D eigenvalue weighted by atomic mass is 19.1. The summed E-state index contributed by atoms with van der Waals surface area (Å²) >= 11 is 0. The molecule has 0 aliphatic carbocycles. The van der Waals surface area contributed by atoms with Gasteiger partial charge in [0.1, 0.15) is 17.3 Å². The number of aromatic carboxylic acids is 1. The molecule has 1 heterocycles. The van der Waals surface area contributed by atoms with E-state index in [-0.39, 0.29) is 5.56 Å². The molecular formula is C15H16FNO3. The summed E-state index contributed by atoms with van der Waals surface area (Å²) in [6.45, 7) is 2.89. The zero-order valence-corrected chi connectivity index (χ0v) is 11.4. The fraction of sp³-hybridized carbons (Fsp3) is 0.267. The first-order chi connectivity index (χ1) is 9.44. The molecule has 0 amide bonds. The molecule has 0 unspecified atom stereocenters. The molecule has 106 valence electrons. The van der Waals surface area contributed by atoms with Crippen molar-refractivity contribution in [2.24, 2.45) is 0 Å². The molecule has 0 bridgehead atoms. The third-order valence-electron chi connectivity index (χ3n) is 2.88. The molecular weight excluding hydrogens is 261 g/mol. The molecule has 0 spiro atoms. The van der Waals surface area contributed by atoms with Crippen LogP contribution in [-0.2, 0) is 13.1 Å². The summed E-state index contributed by atoms with van der Waals surface area (Å²) in [7, 11) is 1.86. The van der Waals surface area contributed by atoms with Crippen LogP contribution in [0.3, 0.4) is 0 Å². The molecule has 4 nitrogen and oxygen atoms in total. The van der Waals surface area contributed by atoms with Gasteiger partial charge in [0.2, 0.25) is 0 Å². The predicted molar refractivity (Wildman–Crippen MR) is 72.0 cm³/mol. The summed E-state index contributed by atoms with van der Waals surface area (Å²) in [6.07, 6.45) is 0. The summed E-state index contributed by atoms with van der Waals surface area (Å²) < 4.78 is 18.8. The summed E-state index contributed by atoms with van der Waals surface area (Å²) in [6, 6.07) is 7.61. The van der Waals surface area contributed by atoms with E-state index in [1.165, 1.54) is 12.1 Å². The second kappa shape index (κ2) is 5.88. The van der Waals surface area contributed by atoms with Crippen molar-refractivity contribution < 1.29 is 18.7 Å². The Balaban J connectivity index is 2.07. The maximum Gasteiger partial charge on any atom is 0.335 e. The van der Waals surface area contributed by atoms with Gasteiger partial charge in [-0.15, -0.1) is 0 Å². The fourth-order valence-corrected chi connectivity index (χ4v) is 2.07. The molecule has 0 radical (unpaired) electrons. The lowest BCUT2D eigenvalue weighted by atomic mass is 10.1. The van der Waals surface area contributed by atoms with Crippen LogP contribution < -0.4 is 0 Å². The first-order valence-corrected chi connectivity index (χ1v) is 6.20. The third kappa shape index (κ3) is 3.68. The van der Waals surface area contributed by atoms with Crippen LogP contribution in [0, 0.1) is 12.7 Å². The molecule has 1 N–H and O–H groups in total. The van der Waals surface area contributed by atoms with Crippen molar-refractivity contribution in [2.45, 2.75) is 20.0 Å². The molecule has 0 saturated heterocycles. The molecule has 0 fully saturated rings. The standard InChI is InChI=1S/C15H16FNO3/c1-10-3-4-14(20-10)9-17(2)8-11-5-12(15(18)19)7-13(16)6-11/h3-7H,8-9H2,1-2H3,(H,18,19). The second-order valence-corrected chi connectivity index (χ2v) is 4.84. The van der Waals surface area contributed by atoms with Gasteiger partial charge in [0.05, 0.1) is 12.1 Å². The highest BCUT2D eigenvalue weighted by molar-refractivity contribution is 5.87. The minimum Gasteiger partial charge on any atom is -0.478 e. The van der Waals surface area contributed by atoms with Gasteiger partial charge in [0, 0.05) is 6.54 Å². The van der Waals surface area contributed by atoms with Crippen LogP contribution in [0.4, 0.5) is 4.39 Å². The Morgan fingerprint density at radius 1 is 1.30 bits per heavy atom. The Labute approximate surface area is 116 Å². The van der Waals surface area contributed by atoms with E-state index in [0.717, 1.165) is 17.6 Å². The Kier molecular flexibility index (Phi) is 4.20. The summed E-state index contributed by atoms with van der Waals surface area (Å²) in [4.78, 5) is 12.8. The number of nitrogens with zero attached hydrogens (tertiary/aromatic N) is 1. The van der Waals surface area contributed by atoms with Crippen LogP contribution in [0.2, 0.25) is 0 Å².